The molecule has 0 fully saturated rings. The van der Waals surface area contributed by atoms with Gasteiger partial charge in [-0.2, -0.15) is 13.2 Å². The van der Waals surface area contributed by atoms with Gasteiger partial charge in [0.05, 0.1) is 11.1 Å². The lowest BCUT2D eigenvalue weighted by atomic mass is 9.93. The van der Waals surface area contributed by atoms with E-state index >= 15 is 0 Å². The van der Waals surface area contributed by atoms with E-state index in [1.165, 1.54) is 6.07 Å². The minimum absolute atomic E-state index is 0.0162. The lowest BCUT2D eigenvalue weighted by molar-refractivity contribution is -0.139. The van der Waals surface area contributed by atoms with Crippen LogP contribution < -0.4 is 10.5 Å². The molecule has 0 radical (unpaired) electrons. The average Bonchev–Trinajstić information content (AvgIpc) is 2.64. The van der Waals surface area contributed by atoms with Gasteiger partial charge in [-0.05, 0) is 60.7 Å². The first-order valence-electron chi connectivity index (χ1n) is 9.64. The number of fused-ring (bicyclic) bond motifs is 1. The number of hydrogen-bond donors (Lipinski definition) is 1. The smallest absolute Gasteiger partial charge is 0.419 e. The van der Waals surface area contributed by atoms with Crippen molar-refractivity contribution in [2.24, 2.45) is 11.7 Å². The highest BCUT2D eigenvalue weighted by Gasteiger charge is 2.35. The van der Waals surface area contributed by atoms with Gasteiger partial charge in [-0.3, -0.25) is 4.98 Å². The van der Waals surface area contributed by atoms with E-state index in [1.54, 1.807) is 43.5 Å². The largest absolute Gasteiger partial charge is 0.491 e. The topological polar surface area (TPSA) is 48.1 Å². The molecular weight excluding hydrogens is 413 g/mol. The summed E-state index contributed by atoms with van der Waals surface area (Å²) in [6.07, 6.45) is -2.34. The van der Waals surface area contributed by atoms with Crippen LogP contribution in [0.5, 0.6) is 5.75 Å². The molecule has 0 bridgehead atoms. The molecule has 3 rings (SSSR count). The van der Waals surface area contributed by atoms with E-state index < -0.39 is 17.3 Å². The Bertz CT molecular complexity index is 1050. The number of halogens is 4. The molecule has 3 aromatic rings. The summed E-state index contributed by atoms with van der Waals surface area (Å²) < 4.78 is 47.0. The lowest BCUT2D eigenvalue weighted by Gasteiger charge is -2.27. The van der Waals surface area contributed by atoms with Gasteiger partial charge in [-0.1, -0.05) is 37.6 Å². The Morgan fingerprint density at radius 3 is 2.53 bits per heavy atom. The number of ether oxygens (including phenoxy) is 1. The molecule has 1 aromatic heterocycles. The molecular formula is C23H24ClF3N2O. The molecule has 2 aromatic carbocycles. The summed E-state index contributed by atoms with van der Waals surface area (Å²) in [6.45, 7) is 5.77. The van der Waals surface area contributed by atoms with Crippen molar-refractivity contribution >= 4 is 22.5 Å². The maximum Gasteiger partial charge on any atom is 0.419 e. The Kier molecular flexibility index (Phi) is 6.29. The van der Waals surface area contributed by atoms with Crippen molar-refractivity contribution in [3.05, 3.63) is 59.2 Å². The Morgan fingerprint density at radius 2 is 1.87 bits per heavy atom. The van der Waals surface area contributed by atoms with Crippen LogP contribution in [0.25, 0.3) is 22.0 Å². The van der Waals surface area contributed by atoms with Crippen LogP contribution in [0, 0.1) is 5.92 Å². The Morgan fingerprint density at radius 1 is 1.13 bits per heavy atom. The summed E-state index contributed by atoms with van der Waals surface area (Å²) in [5.41, 5.74) is 6.19. The highest BCUT2D eigenvalue weighted by Crippen LogP contribution is 2.40. The van der Waals surface area contributed by atoms with Gasteiger partial charge in [0, 0.05) is 22.1 Å². The van der Waals surface area contributed by atoms with Crippen molar-refractivity contribution in [2.75, 3.05) is 6.61 Å². The predicted molar refractivity (Wildman–Crippen MR) is 115 cm³/mol. The molecule has 160 valence electrons. The van der Waals surface area contributed by atoms with Gasteiger partial charge in [-0.25, -0.2) is 0 Å². The van der Waals surface area contributed by atoms with Crippen molar-refractivity contribution in [1.82, 2.24) is 4.98 Å². The number of rotatable bonds is 6. The fraction of sp³-hybridized carbons (Fsp3) is 0.348. The molecule has 0 aliphatic carbocycles. The number of hydrogen-bond acceptors (Lipinski definition) is 3. The fourth-order valence-electron chi connectivity index (χ4n) is 3.67. The average molecular weight is 437 g/mol. The van der Waals surface area contributed by atoms with Crippen molar-refractivity contribution in [3.8, 4) is 16.9 Å². The molecule has 30 heavy (non-hydrogen) atoms. The monoisotopic (exact) mass is 436 g/mol. The van der Waals surface area contributed by atoms with Crippen LogP contribution in [0.15, 0.2) is 48.7 Å². The number of alkyl halides is 3. The summed E-state index contributed by atoms with van der Waals surface area (Å²) in [7, 11) is 0. The second-order valence-electron chi connectivity index (χ2n) is 8.27. The Hall–Kier alpha value is -2.31. The summed E-state index contributed by atoms with van der Waals surface area (Å²) in [5, 5.41) is 1.12. The van der Waals surface area contributed by atoms with Crippen LogP contribution in [-0.4, -0.2) is 17.1 Å². The van der Waals surface area contributed by atoms with Crippen LogP contribution >= 0.6 is 11.6 Å². The molecule has 1 atom stereocenters. The third-order valence-electron chi connectivity index (χ3n) is 4.71. The Balaban J connectivity index is 2.03. The van der Waals surface area contributed by atoms with Crippen molar-refractivity contribution in [3.63, 3.8) is 0 Å². The van der Waals surface area contributed by atoms with Gasteiger partial charge in [-0.15, -0.1) is 0 Å². The highest BCUT2D eigenvalue weighted by atomic mass is 35.5. The Labute approximate surface area is 179 Å². The van der Waals surface area contributed by atoms with Crippen molar-refractivity contribution in [1.29, 1.82) is 0 Å². The van der Waals surface area contributed by atoms with Crippen molar-refractivity contribution < 1.29 is 17.9 Å². The lowest BCUT2D eigenvalue weighted by Crippen LogP contribution is -2.43. The van der Waals surface area contributed by atoms with Crippen LogP contribution in [0.4, 0.5) is 13.2 Å². The molecule has 0 aliphatic rings. The van der Waals surface area contributed by atoms with E-state index in [4.69, 9.17) is 22.1 Å². The second-order valence-corrected chi connectivity index (χ2v) is 8.71. The molecule has 0 saturated heterocycles. The van der Waals surface area contributed by atoms with E-state index in [9.17, 15) is 13.2 Å². The quantitative estimate of drug-likeness (QED) is 0.466. The van der Waals surface area contributed by atoms with Gasteiger partial charge in [0.15, 0.2) is 0 Å². The maximum absolute atomic E-state index is 13.8. The molecule has 0 saturated carbocycles. The first-order chi connectivity index (χ1) is 14.0. The van der Waals surface area contributed by atoms with Crippen molar-refractivity contribution in [2.45, 2.75) is 38.9 Å². The fourth-order valence-corrected chi connectivity index (χ4v) is 3.88. The van der Waals surface area contributed by atoms with E-state index in [0.29, 0.717) is 34.0 Å². The number of nitrogens with two attached hydrogens (primary N) is 1. The summed E-state index contributed by atoms with van der Waals surface area (Å²) in [6, 6.07) is 10.9. The van der Waals surface area contributed by atoms with Crippen LogP contribution in [0.2, 0.25) is 5.02 Å². The molecule has 0 spiro atoms. The zero-order valence-electron chi connectivity index (χ0n) is 17.1. The first kappa shape index (κ1) is 22.4. The zero-order valence-corrected chi connectivity index (χ0v) is 17.8. The first-order valence-corrected chi connectivity index (χ1v) is 10.0. The standard InChI is InChI=1S/C23H24ClF3N2O/c1-14(2)12-22(3,28)13-30-21-7-6-15(9-19(21)23(25,26)27)18-10-16(24)11-20-17(18)5-4-8-29-20/h4-11,14H,12-13,28H2,1-3H3. The third-order valence-corrected chi connectivity index (χ3v) is 4.93. The van der Waals surface area contributed by atoms with E-state index in [-0.39, 0.29) is 12.4 Å². The van der Waals surface area contributed by atoms with E-state index in [0.717, 1.165) is 11.5 Å². The van der Waals surface area contributed by atoms with E-state index in [2.05, 4.69) is 4.98 Å². The number of nitrogens with zero attached hydrogens (tertiary/aromatic N) is 1. The molecule has 1 unspecified atom stereocenters. The minimum Gasteiger partial charge on any atom is -0.491 e. The molecule has 1 heterocycles. The van der Waals surface area contributed by atoms with Gasteiger partial charge >= 0.3 is 6.18 Å². The van der Waals surface area contributed by atoms with Gasteiger partial charge in [0.25, 0.3) is 0 Å². The van der Waals surface area contributed by atoms with Gasteiger partial charge in [0.1, 0.15) is 12.4 Å². The zero-order chi connectivity index (χ0) is 22.1. The second kappa shape index (κ2) is 8.44. The minimum atomic E-state index is -4.58. The number of benzene rings is 2. The summed E-state index contributed by atoms with van der Waals surface area (Å²) >= 11 is 6.18. The normalized spacial score (nSPS) is 14.2. The molecule has 7 heteroatoms. The molecule has 3 nitrogen and oxygen atoms in total. The summed E-state index contributed by atoms with van der Waals surface area (Å²) in [5.74, 6) is 0.0638. The number of pyridine rings is 1. The maximum atomic E-state index is 13.8. The SMILES string of the molecule is CC(C)CC(C)(N)COc1ccc(-c2cc(Cl)cc3ncccc23)cc1C(F)(F)F. The predicted octanol–water partition coefficient (Wildman–Crippen LogP) is 6.72. The third kappa shape index (κ3) is 5.24. The van der Waals surface area contributed by atoms with Crippen LogP contribution in [0.3, 0.4) is 0 Å². The highest BCUT2D eigenvalue weighted by molar-refractivity contribution is 6.31. The summed E-state index contributed by atoms with van der Waals surface area (Å²) in [4.78, 5) is 4.25. The van der Waals surface area contributed by atoms with Crippen LogP contribution in [0.1, 0.15) is 32.8 Å². The van der Waals surface area contributed by atoms with E-state index in [1.807, 2.05) is 13.8 Å². The molecule has 0 amide bonds. The molecule has 2 N–H and O–H groups in total. The van der Waals surface area contributed by atoms with Gasteiger partial charge < -0.3 is 10.5 Å². The van der Waals surface area contributed by atoms with Crippen LogP contribution in [-0.2, 0) is 6.18 Å². The van der Waals surface area contributed by atoms with Gasteiger partial charge in [0.2, 0.25) is 0 Å². The number of aromatic nitrogens is 1. The molecule has 0 aliphatic heterocycles.